The molecule has 1 N–H and O–H groups in total. The largest absolute Gasteiger partial charge is 0.356 e. The molecule has 3 heterocycles. The van der Waals surface area contributed by atoms with E-state index in [1.807, 2.05) is 37.3 Å². The van der Waals surface area contributed by atoms with E-state index < -0.39 is 10.0 Å². The minimum Gasteiger partial charge on any atom is -0.356 e. The topological polar surface area (TPSA) is 81.1 Å². The van der Waals surface area contributed by atoms with E-state index in [1.165, 1.54) is 5.56 Å². The summed E-state index contributed by atoms with van der Waals surface area (Å²) in [6, 6.07) is 14.1. The van der Waals surface area contributed by atoms with Crippen LogP contribution in [0.1, 0.15) is 12.5 Å². The van der Waals surface area contributed by atoms with Gasteiger partial charge in [-0.25, -0.2) is 13.4 Å². The Kier molecular flexibility index (Phi) is 8.72. The predicted molar refractivity (Wildman–Crippen MR) is 141 cm³/mol. The third-order valence-corrected chi connectivity index (χ3v) is 7.54. The maximum Gasteiger partial charge on any atom is 0.216 e. The predicted octanol–water partition coefficient (Wildman–Crippen LogP) is 2.18. The van der Waals surface area contributed by atoms with E-state index in [-0.39, 0.29) is 36.3 Å². The number of aliphatic imine (C=N–C) groups is 1. The number of para-hydroxylation sites is 1. The SMILES string of the molecule is CCNC(=NCCS(=O)(=O)N1CCN(c2ccccn2)CC1)N1CCc2ccccc21.I. The van der Waals surface area contributed by atoms with Crippen molar-refractivity contribution in [3.8, 4) is 0 Å². The lowest BCUT2D eigenvalue weighted by atomic mass is 10.2. The van der Waals surface area contributed by atoms with E-state index in [2.05, 4.69) is 37.2 Å². The van der Waals surface area contributed by atoms with Gasteiger partial charge < -0.3 is 15.1 Å². The van der Waals surface area contributed by atoms with Crippen molar-refractivity contribution in [3.05, 3.63) is 54.2 Å². The van der Waals surface area contributed by atoms with Crippen molar-refractivity contribution in [3.63, 3.8) is 0 Å². The molecule has 0 saturated carbocycles. The first-order valence-electron chi connectivity index (χ1n) is 10.9. The Labute approximate surface area is 207 Å². The van der Waals surface area contributed by atoms with Gasteiger partial charge in [-0.3, -0.25) is 4.99 Å². The Bertz CT molecular complexity index is 1010. The van der Waals surface area contributed by atoms with Gasteiger partial charge in [0.05, 0.1) is 12.3 Å². The highest BCUT2D eigenvalue weighted by atomic mass is 127. The normalized spacial score (nSPS) is 17.1. The number of nitrogens with one attached hydrogen (secondary N) is 1. The lowest BCUT2D eigenvalue weighted by molar-refractivity contribution is 0.384. The van der Waals surface area contributed by atoms with E-state index in [0.717, 1.165) is 37.0 Å². The Hall–Kier alpha value is -1.92. The van der Waals surface area contributed by atoms with Crippen LogP contribution in [0.3, 0.4) is 0 Å². The maximum absolute atomic E-state index is 12.9. The molecular weight excluding hydrogens is 539 g/mol. The van der Waals surface area contributed by atoms with Crippen molar-refractivity contribution in [1.29, 1.82) is 0 Å². The van der Waals surface area contributed by atoms with Gasteiger partial charge in [0.2, 0.25) is 10.0 Å². The van der Waals surface area contributed by atoms with Gasteiger partial charge in [0.15, 0.2) is 5.96 Å². The van der Waals surface area contributed by atoms with E-state index in [0.29, 0.717) is 26.2 Å². The van der Waals surface area contributed by atoms with Gasteiger partial charge in [-0.2, -0.15) is 4.31 Å². The summed E-state index contributed by atoms with van der Waals surface area (Å²) in [7, 11) is -3.35. The highest BCUT2D eigenvalue weighted by Gasteiger charge is 2.27. The minimum atomic E-state index is -3.35. The number of hydrogen-bond acceptors (Lipinski definition) is 5. The quantitative estimate of drug-likeness (QED) is 0.326. The number of anilines is 2. The van der Waals surface area contributed by atoms with Crippen molar-refractivity contribution in [2.75, 3.05) is 61.4 Å². The molecule has 0 bridgehead atoms. The molecule has 8 nitrogen and oxygen atoms in total. The fraction of sp³-hybridized carbons (Fsp3) is 0.455. The lowest BCUT2D eigenvalue weighted by Gasteiger charge is -2.34. The highest BCUT2D eigenvalue weighted by molar-refractivity contribution is 14.0. The smallest absolute Gasteiger partial charge is 0.216 e. The number of guanidine groups is 1. The number of nitrogens with zero attached hydrogens (tertiary/aromatic N) is 5. The number of hydrogen-bond donors (Lipinski definition) is 1. The summed E-state index contributed by atoms with van der Waals surface area (Å²) >= 11 is 0. The number of sulfonamides is 1. The van der Waals surface area contributed by atoms with Gasteiger partial charge in [0.25, 0.3) is 0 Å². The summed E-state index contributed by atoms with van der Waals surface area (Å²) in [6.07, 6.45) is 2.73. The number of halogens is 1. The second-order valence-corrected chi connectivity index (χ2v) is 9.74. The van der Waals surface area contributed by atoms with Crippen LogP contribution >= 0.6 is 24.0 Å². The van der Waals surface area contributed by atoms with Crippen LogP contribution in [0.25, 0.3) is 0 Å². The minimum absolute atomic E-state index is 0. The monoisotopic (exact) mass is 570 g/mol. The standard InChI is InChI=1S/C22H30N6O2S.HI/c1-2-23-22(28-13-10-19-7-3-4-8-20(19)28)25-12-18-31(29,30)27-16-14-26(15-17-27)21-9-5-6-11-24-21;/h3-9,11H,2,10,12-18H2,1H3,(H,23,25);1H. The molecule has 1 aromatic carbocycles. The number of fused-ring (bicyclic) bond motifs is 1. The number of benzene rings is 1. The van der Waals surface area contributed by atoms with Gasteiger partial charge in [0, 0.05) is 51.2 Å². The molecule has 1 saturated heterocycles. The molecule has 32 heavy (non-hydrogen) atoms. The van der Waals surface area contributed by atoms with Gasteiger partial charge in [0.1, 0.15) is 5.82 Å². The molecule has 0 amide bonds. The summed E-state index contributed by atoms with van der Waals surface area (Å²) in [4.78, 5) is 13.3. The average molecular weight is 571 g/mol. The summed E-state index contributed by atoms with van der Waals surface area (Å²) in [5.74, 6) is 1.66. The molecule has 0 radical (unpaired) electrons. The molecule has 1 aromatic heterocycles. The van der Waals surface area contributed by atoms with Gasteiger partial charge in [-0.1, -0.05) is 24.3 Å². The molecule has 174 valence electrons. The first-order chi connectivity index (χ1) is 15.1. The summed E-state index contributed by atoms with van der Waals surface area (Å²) in [5, 5.41) is 3.31. The first kappa shape index (κ1) is 24.7. The Morgan fingerprint density at radius 2 is 1.81 bits per heavy atom. The van der Waals surface area contributed by atoms with Crippen LogP contribution in [0.5, 0.6) is 0 Å². The van der Waals surface area contributed by atoms with Crippen molar-refractivity contribution in [2.45, 2.75) is 13.3 Å². The molecule has 0 spiro atoms. The summed E-state index contributed by atoms with van der Waals surface area (Å²) in [5.41, 5.74) is 2.45. The molecule has 0 atom stereocenters. The fourth-order valence-corrected chi connectivity index (χ4v) is 5.39. The zero-order valence-electron chi connectivity index (χ0n) is 18.4. The molecule has 2 aliphatic rings. The van der Waals surface area contributed by atoms with Crippen LogP contribution in [-0.4, -0.2) is 75.2 Å². The molecule has 2 aromatic rings. The number of piperazine rings is 1. The summed E-state index contributed by atoms with van der Waals surface area (Å²) < 4.78 is 27.3. The third kappa shape index (κ3) is 5.70. The van der Waals surface area contributed by atoms with E-state index in [9.17, 15) is 8.42 Å². The molecule has 10 heteroatoms. The molecule has 1 fully saturated rings. The highest BCUT2D eigenvalue weighted by Crippen LogP contribution is 2.27. The number of rotatable bonds is 6. The second kappa shape index (κ2) is 11.3. The Balaban J connectivity index is 0.00000289. The first-order valence-corrected chi connectivity index (χ1v) is 12.5. The van der Waals surface area contributed by atoms with Gasteiger partial charge in [-0.15, -0.1) is 24.0 Å². The van der Waals surface area contributed by atoms with E-state index in [1.54, 1.807) is 10.5 Å². The van der Waals surface area contributed by atoms with Crippen LogP contribution in [0.2, 0.25) is 0 Å². The van der Waals surface area contributed by atoms with E-state index >= 15 is 0 Å². The van der Waals surface area contributed by atoms with Crippen molar-refractivity contribution >= 4 is 51.5 Å². The number of pyridine rings is 1. The summed E-state index contributed by atoms with van der Waals surface area (Å²) in [6.45, 7) is 6.09. The molecule has 0 unspecified atom stereocenters. The van der Waals surface area contributed by atoms with Crippen molar-refractivity contribution in [1.82, 2.24) is 14.6 Å². The van der Waals surface area contributed by atoms with Crippen molar-refractivity contribution < 1.29 is 8.42 Å². The molecule has 4 rings (SSSR count). The lowest BCUT2D eigenvalue weighted by Crippen LogP contribution is -2.49. The van der Waals surface area contributed by atoms with Crippen LogP contribution in [0.4, 0.5) is 11.5 Å². The van der Waals surface area contributed by atoms with Gasteiger partial charge >= 0.3 is 0 Å². The maximum atomic E-state index is 12.9. The molecular formula is C22H31IN6O2S. The van der Waals surface area contributed by atoms with Crippen LogP contribution in [0.15, 0.2) is 53.7 Å². The Morgan fingerprint density at radius 1 is 1.06 bits per heavy atom. The van der Waals surface area contributed by atoms with Crippen LogP contribution in [0, 0.1) is 0 Å². The fourth-order valence-electron chi connectivity index (χ4n) is 4.09. The van der Waals surface area contributed by atoms with Crippen LogP contribution in [-0.2, 0) is 16.4 Å². The zero-order valence-corrected chi connectivity index (χ0v) is 21.5. The van der Waals surface area contributed by atoms with E-state index in [4.69, 9.17) is 0 Å². The van der Waals surface area contributed by atoms with Crippen molar-refractivity contribution in [2.24, 2.45) is 4.99 Å². The molecule has 0 aliphatic carbocycles. The van der Waals surface area contributed by atoms with Gasteiger partial charge in [-0.05, 0) is 37.1 Å². The molecule has 2 aliphatic heterocycles. The Morgan fingerprint density at radius 3 is 2.53 bits per heavy atom. The van der Waals surface area contributed by atoms with Crippen LogP contribution < -0.4 is 15.1 Å². The zero-order chi connectivity index (χ0) is 21.7. The number of aromatic nitrogens is 1. The average Bonchev–Trinajstić information content (AvgIpc) is 3.23. The third-order valence-electron chi connectivity index (χ3n) is 5.69. The second-order valence-electron chi connectivity index (χ2n) is 7.66.